The van der Waals surface area contributed by atoms with Crippen LogP contribution in [0.1, 0.15) is 59.8 Å². The normalized spacial score (nSPS) is 20.2. The zero-order valence-electron chi connectivity index (χ0n) is 14.1. The summed E-state index contributed by atoms with van der Waals surface area (Å²) in [5, 5.41) is 10.1. The number of carbonyl (C=O) groups excluding carboxylic acids is 2. The number of aliphatic imine (C=N–C) groups is 1. The van der Waals surface area contributed by atoms with E-state index in [0.29, 0.717) is 37.1 Å². The second-order valence-electron chi connectivity index (χ2n) is 6.94. The van der Waals surface area contributed by atoms with Crippen molar-refractivity contribution in [2.75, 3.05) is 6.54 Å². The third-order valence-corrected chi connectivity index (χ3v) is 4.01. The van der Waals surface area contributed by atoms with E-state index >= 15 is 0 Å². The first-order valence-corrected chi connectivity index (χ1v) is 7.87. The van der Waals surface area contributed by atoms with Crippen LogP contribution in [0.15, 0.2) is 16.3 Å². The van der Waals surface area contributed by atoms with E-state index in [1.165, 1.54) is 6.92 Å². The Balaban J connectivity index is 2.55. The van der Waals surface area contributed by atoms with Gasteiger partial charge in [0, 0.05) is 25.1 Å². The predicted octanol–water partition coefficient (Wildman–Crippen LogP) is 2.74. The summed E-state index contributed by atoms with van der Waals surface area (Å²) < 4.78 is 0. The molecule has 3 N–H and O–H groups in total. The largest absolute Gasteiger partial charge is 0.511 e. The zero-order valence-corrected chi connectivity index (χ0v) is 14.1. The van der Waals surface area contributed by atoms with Crippen molar-refractivity contribution in [3.8, 4) is 0 Å². The minimum atomic E-state index is -0.390. The van der Waals surface area contributed by atoms with Gasteiger partial charge in [0.05, 0.1) is 11.6 Å². The molecule has 0 amide bonds. The van der Waals surface area contributed by atoms with E-state index < -0.39 is 0 Å². The molecule has 0 fully saturated rings. The summed E-state index contributed by atoms with van der Waals surface area (Å²) in [5.41, 5.74) is 6.47. The topological polar surface area (TPSA) is 92.8 Å². The number of Topliss-reactive ketones (excluding diaryl/α,β-unsaturated/α-hetero) is 2. The highest BCUT2D eigenvalue weighted by atomic mass is 16.3. The molecule has 5 heteroatoms. The van der Waals surface area contributed by atoms with Crippen molar-refractivity contribution in [3.05, 3.63) is 11.3 Å². The number of unbranched alkanes of at least 4 members (excludes halogenated alkanes) is 1. The average Bonchev–Trinajstić information content (AvgIpc) is 2.35. The molecule has 5 nitrogen and oxygen atoms in total. The van der Waals surface area contributed by atoms with Gasteiger partial charge in [0.25, 0.3) is 0 Å². The fourth-order valence-electron chi connectivity index (χ4n) is 2.70. The number of allylic oxidation sites excluding steroid dienone is 2. The molecule has 1 unspecified atom stereocenters. The molecule has 0 radical (unpaired) electrons. The molecular formula is C17H28N2O3. The third kappa shape index (κ3) is 5.37. The van der Waals surface area contributed by atoms with Gasteiger partial charge in [-0.2, -0.15) is 0 Å². The molecular weight excluding hydrogens is 280 g/mol. The summed E-state index contributed by atoms with van der Waals surface area (Å²) >= 11 is 0. The van der Waals surface area contributed by atoms with Crippen molar-refractivity contribution in [1.29, 1.82) is 0 Å². The Morgan fingerprint density at radius 1 is 1.32 bits per heavy atom. The highest BCUT2D eigenvalue weighted by molar-refractivity contribution is 6.22. The maximum atomic E-state index is 12.2. The molecule has 0 heterocycles. The van der Waals surface area contributed by atoms with Crippen LogP contribution in [0.2, 0.25) is 0 Å². The van der Waals surface area contributed by atoms with Crippen molar-refractivity contribution in [1.82, 2.24) is 0 Å². The van der Waals surface area contributed by atoms with E-state index in [1.54, 1.807) is 6.92 Å². The summed E-state index contributed by atoms with van der Waals surface area (Å²) in [4.78, 5) is 27.6. The molecule has 0 aromatic rings. The minimum absolute atomic E-state index is 0.00479. The Bertz CT molecular complexity index is 504. The molecule has 0 spiro atoms. The summed E-state index contributed by atoms with van der Waals surface area (Å²) in [5.74, 6) is 0.125. The van der Waals surface area contributed by atoms with Crippen molar-refractivity contribution >= 4 is 17.3 Å². The number of aliphatic hydroxyl groups is 1. The van der Waals surface area contributed by atoms with Gasteiger partial charge in [0.1, 0.15) is 11.5 Å². The van der Waals surface area contributed by atoms with Crippen molar-refractivity contribution in [2.24, 2.45) is 16.1 Å². The van der Waals surface area contributed by atoms with Crippen molar-refractivity contribution in [3.63, 3.8) is 0 Å². The fraction of sp³-hybridized carbons (Fsp3) is 0.706. The smallest absolute Gasteiger partial charge is 0.168 e. The van der Waals surface area contributed by atoms with Crippen LogP contribution >= 0.6 is 0 Å². The first kappa shape index (κ1) is 18.6. The summed E-state index contributed by atoms with van der Waals surface area (Å²) in [6.07, 6.45) is 3.24. The molecule has 1 aliphatic carbocycles. The van der Waals surface area contributed by atoms with E-state index in [-0.39, 0.29) is 28.8 Å². The second kappa shape index (κ2) is 7.68. The van der Waals surface area contributed by atoms with Gasteiger partial charge in [-0.1, -0.05) is 13.8 Å². The van der Waals surface area contributed by atoms with Gasteiger partial charge in [-0.15, -0.1) is 0 Å². The lowest BCUT2D eigenvalue weighted by atomic mass is 9.76. The molecule has 1 atom stereocenters. The Morgan fingerprint density at radius 3 is 2.50 bits per heavy atom. The first-order chi connectivity index (χ1) is 10.1. The van der Waals surface area contributed by atoms with Crippen molar-refractivity contribution in [2.45, 2.75) is 65.8 Å². The number of hydrogen-bond acceptors (Lipinski definition) is 5. The molecule has 0 aromatic heterocycles. The van der Waals surface area contributed by atoms with Crippen LogP contribution in [0, 0.1) is 5.41 Å². The first-order valence-electron chi connectivity index (χ1n) is 7.87. The van der Waals surface area contributed by atoms with Gasteiger partial charge in [-0.05, 0) is 38.5 Å². The van der Waals surface area contributed by atoms with E-state index in [1.807, 2.05) is 13.8 Å². The molecule has 1 rings (SSSR count). The Morgan fingerprint density at radius 2 is 1.95 bits per heavy atom. The van der Waals surface area contributed by atoms with Gasteiger partial charge >= 0.3 is 0 Å². The number of nitrogens with zero attached hydrogens (tertiary/aromatic N) is 1. The lowest BCUT2D eigenvalue weighted by Crippen LogP contribution is -2.28. The van der Waals surface area contributed by atoms with Crippen molar-refractivity contribution < 1.29 is 14.7 Å². The zero-order chi connectivity index (χ0) is 16.9. The monoisotopic (exact) mass is 308 g/mol. The third-order valence-electron chi connectivity index (χ3n) is 4.01. The summed E-state index contributed by atoms with van der Waals surface area (Å²) in [7, 11) is 0. The molecule has 0 aliphatic heterocycles. The molecule has 0 saturated heterocycles. The summed E-state index contributed by atoms with van der Waals surface area (Å²) in [6, 6.07) is -0.390. The van der Waals surface area contributed by atoms with Gasteiger partial charge in [0.15, 0.2) is 5.78 Å². The Kier molecular flexibility index (Phi) is 6.48. The quantitative estimate of drug-likeness (QED) is 0.558. The average molecular weight is 308 g/mol. The molecule has 22 heavy (non-hydrogen) atoms. The summed E-state index contributed by atoms with van der Waals surface area (Å²) in [6.45, 7) is 7.79. The second-order valence-corrected chi connectivity index (χ2v) is 6.94. The minimum Gasteiger partial charge on any atom is -0.511 e. The van der Waals surface area contributed by atoms with Gasteiger partial charge < -0.3 is 10.8 Å². The van der Waals surface area contributed by atoms with Gasteiger partial charge in [-0.25, -0.2) is 0 Å². The molecule has 0 saturated carbocycles. The van der Waals surface area contributed by atoms with Crippen LogP contribution in [0.4, 0.5) is 0 Å². The number of carbonyl (C=O) groups is 2. The van der Waals surface area contributed by atoms with Crippen LogP contribution in [-0.2, 0) is 9.59 Å². The van der Waals surface area contributed by atoms with E-state index in [0.717, 1.165) is 12.8 Å². The van der Waals surface area contributed by atoms with Crippen LogP contribution in [0.5, 0.6) is 0 Å². The maximum absolute atomic E-state index is 12.2. The SMILES string of the molecule is CC(=O)C(N)CCCCN=C(C)C1=C(O)CC(C)(C)CC1=O. The van der Waals surface area contributed by atoms with Gasteiger partial charge in [-0.3, -0.25) is 14.6 Å². The van der Waals surface area contributed by atoms with E-state index in [9.17, 15) is 14.7 Å². The van der Waals surface area contributed by atoms with Gasteiger partial charge in [0.2, 0.25) is 0 Å². The lowest BCUT2D eigenvalue weighted by molar-refractivity contribution is -0.119. The number of hydrogen-bond donors (Lipinski definition) is 2. The number of rotatable bonds is 7. The maximum Gasteiger partial charge on any atom is 0.168 e. The highest BCUT2D eigenvalue weighted by Gasteiger charge is 2.33. The van der Waals surface area contributed by atoms with Crippen LogP contribution in [0.3, 0.4) is 0 Å². The number of aliphatic hydroxyl groups excluding tert-OH is 1. The molecule has 124 valence electrons. The molecule has 0 aromatic carbocycles. The fourth-order valence-corrected chi connectivity index (χ4v) is 2.70. The van der Waals surface area contributed by atoms with Crippen LogP contribution in [0.25, 0.3) is 0 Å². The van der Waals surface area contributed by atoms with Crippen LogP contribution < -0.4 is 5.73 Å². The molecule has 1 aliphatic rings. The standard InChI is InChI=1S/C17H28N2O3/c1-11(19-8-6-5-7-13(18)12(2)20)16-14(21)9-17(3,4)10-15(16)22/h13,21H,5-10,18H2,1-4H3. The van der Waals surface area contributed by atoms with Crippen LogP contribution in [-0.4, -0.2) is 35.0 Å². The molecule has 0 bridgehead atoms. The Labute approximate surface area is 132 Å². The number of ketones is 2. The highest BCUT2D eigenvalue weighted by Crippen LogP contribution is 2.36. The number of nitrogens with two attached hydrogens (primary N) is 1. The van der Waals surface area contributed by atoms with E-state index in [4.69, 9.17) is 5.73 Å². The lowest BCUT2D eigenvalue weighted by Gasteiger charge is -2.29. The Hall–Kier alpha value is -1.49. The van der Waals surface area contributed by atoms with E-state index in [2.05, 4.69) is 4.99 Å². The predicted molar refractivity (Wildman–Crippen MR) is 88.2 cm³/mol.